The minimum Gasteiger partial charge on any atom is -0.361 e. The summed E-state index contributed by atoms with van der Waals surface area (Å²) >= 11 is 5.02. The van der Waals surface area contributed by atoms with Crippen LogP contribution in [0, 0.1) is 6.92 Å². The molecule has 0 unspecified atom stereocenters. The number of aryl methyl sites for hydroxylation is 1. The van der Waals surface area contributed by atoms with Crippen LogP contribution < -0.4 is 16.2 Å². The first kappa shape index (κ1) is 14.4. The summed E-state index contributed by atoms with van der Waals surface area (Å²) in [5.41, 5.74) is 6.95. The molecule has 0 saturated heterocycles. The maximum atomic E-state index is 11.7. The molecule has 4 nitrogen and oxygen atoms in total. The molecule has 0 aliphatic carbocycles. The van der Waals surface area contributed by atoms with E-state index in [4.69, 9.17) is 12.2 Å². The summed E-state index contributed by atoms with van der Waals surface area (Å²) < 4.78 is 0. The largest absolute Gasteiger partial charge is 0.361 e. The minimum absolute atomic E-state index is 0.199. The van der Waals surface area contributed by atoms with E-state index < -0.39 is 0 Å². The van der Waals surface area contributed by atoms with Crippen LogP contribution in [-0.2, 0) is 0 Å². The number of rotatable bonds is 4. The van der Waals surface area contributed by atoms with Crippen molar-refractivity contribution in [3.05, 3.63) is 35.4 Å². The smallest absolute Gasteiger partial charge is 0.269 e. The second-order valence-electron chi connectivity index (χ2n) is 4.05. The van der Waals surface area contributed by atoms with Crippen LogP contribution in [0.25, 0.3) is 0 Å². The summed E-state index contributed by atoms with van der Waals surface area (Å²) in [6.07, 6.45) is 2.15. The molecule has 0 saturated carbocycles. The van der Waals surface area contributed by atoms with Crippen molar-refractivity contribution in [2.75, 3.05) is 6.54 Å². The van der Waals surface area contributed by atoms with Gasteiger partial charge in [0.15, 0.2) is 5.11 Å². The van der Waals surface area contributed by atoms with Crippen molar-refractivity contribution in [1.29, 1.82) is 0 Å². The summed E-state index contributed by atoms with van der Waals surface area (Å²) in [5, 5.41) is 3.44. The van der Waals surface area contributed by atoms with Gasteiger partial charge in [0, 0.05) is 12.1 Å². The molecule has 1 aromatic carbocycles. The van der Waals surface area contributed by atoms with Crippen molar-refractivity contribution in [2.45, 2.75) is 26.7 Å². The van der Waals surface area contributed by atoms with Crippen LogP contribution in [0.4, 0.5) is 0 Å². The molecule has 0 radical (unpaired) electrons. The Bertz CT molecular complexity index is 403. The molecule has 0 heterocycles. The normalized spacial score (nSPS) is 9.67. The first-order chi connectivity index (χ1) is 8.63. The SMILES string of the molecule is CCCCNC(=S)NNC(=O)c1ccc(C)cc1. The monoisotopic (exact) mass is 265 g/mol. The average molecular weight is 265 g/mol. The quantitative estimate of drug-likeness (QED) is 0.442. The zero-order valence-electron chi connectivity index (χ0n) is 10.7. The number of hydrazine groups is 1. The van der Waals surface area contributed by atoms with Crippen LogP contribution in [0.1, 0.15) is 35.7 Å². The number of carbonyl (C=O) groups excluding carboxylic acids is 1. The van der Waals surface area contributed by atoms with E-state index in [-0.39, 0.29) is 5.91 Å². The van der Waals surface area contributed by atoms with Gasteiger partial charge in [-0.3, -0.25) is 15.6 Å². The van der Waals surface area contributed by atoms with Gasteiger partial charge < -0.3 is 5.32 Å². The van der Waals surface area contributed by atoms with Gasteiger partial charge in [-0.2, -0.15) is 0 Å². The minimum atomic E-state index is -0.199. The molecular weight excluding hydrogens is 246 g/mol. The van der Waals surface area contributed by atoms with Gasteiger partial charge in [0.1, 0.15) is 0 Å². The molecule has 5 heteroatoms. The predicted octanol–water partition coefficient (Wildman–Crippen LogP) is 1.90. The number of nitrogens with one attached hydrogen (secondary N) is 3. The topological polar surface area (TPSA) is 53.2 Å². The van der Waals surface area contributed by atoms with E-state index in [1.54, 1.807) is 12.1 Å². The van der Waals surface area contributed by atoms with Crippen molar-refractivity contribution >= 4 is 23.2 Å². The lowest BCUT2D eigenvalue weighted by atomic mass is 10.1. The van der Waals surface area contributed by atoms with Crippen LogP contribution in [0.3, 0.4) is 0 Å². The highest BCUT2D eigenvalue weighted by atomic mass is 32.1. The van der Waals surface area contributed by atoms with Gasteiger partial charge in [0.2, 0.25) is 0 Å². The molecule has 0 aromatic heterocycles. The van der Waals surface area contributed by atoms with Gasteiger partial charge in [-0.1, -0.05) is 31.0 Å². The van der Waals surface area contributed by atoms with E-state index in [1.807, 2.05) is 19.1 Å². The highest BCUT2D eigenvalue weighted by molar-refractivity contribution is 7.80. The van der Waals surface area contributed by atoms with Crippen molar-refractivity contribution in [3.8, 4) is 0 Å². The maximum Gasteiger partial charge on any atom is 0.269 e. The van der Waals surface area contributed by atoms with Crippen molar-refractivity contribution in [2.24, 2.45) is 0 Å². The predicted molar refractivity (Wildman–Crippen MR) is 77.3 cm³/mol. The molecule has 18 heavy (non-hydrogen) atoms. The number of benzene rings is 1. The molecule has 98 valence electrons. The second-order valence-corrected chi connectivity index (χ2v) is 4.46. The number of hydrogen-bond acceptors (Lipinski definition) is 2. The molecule has 0 aliphatic rings. The lowest BCUT2D eigenvalue weighted by Crippen LogP contribution is -2.46. The fourth-order valence-electron chi connectivity index (χ4n) is 1.31. The molecule has 1 rings (SSSR count). The molecule has 0 atom stereocenters. The van der Waals surface area contributed by atoms with Crippen LogP contribution >= 0.6 is 12.2 Å². The van der Waals surface area contributed by atoms with Crippen LogP contribution in [0.5, 0.6) is 0 Å². The van der Waals surface area contributed by atoms with E-state index in [0.717, 1.165) is 24.9 Å². The Morgan fingerprint density at radius 2 is 1.89 bits per heavy atom. The lowest BCUT2D eigenvalue weighted by molar-refractivity contribution is 0.0943. The fourth-order valence-corrected chi connectivity index (χ4v) is 1.47. The highest BCUT2D eigenvalue weighted by Crippen LogP contribution is 2.02. The van der Waals surface area contributed by atoms with Crippen LogP contribution in [0.2, 0.25) is 0 Å². The zero-order valence-corrected chi connectivity index (χ0v) is 11.6. The van der Waals surface area contributed by atoms with E-state index in [9.17, 15) is 4.79 Å². The molecule has 0 bridgehead atoms. The molecule has 0 spiro atoms. The Balaban J connectivity index is 2.32. The van der Waals surface area contributed by atoms with Gasteiger partial charge >= 0.3 is 0 Å². The summed E-state index contributed by atoms with van der Waals surface area (Å²) in [5.74, 6) is -0.199. The zero-order chi connectivity index (χ0) is 13.4. The van der Waals surface area contributed by atoms with Crippen LogP contribution in [0.15, 0.2) is 24.3 Å². The van der Waals surface area contributed by atoms with E-state index in [2.05, 4.69) is 23.1 Å². The number of amides is 1. The Morgan fingerprint density at radius 3 is 2.50 bits per heavy atom. The van der Waals surface area contributed by atoms with E-state index in [0.29, 0.717) is 10.7 Å². The first-order valence-electron chi connectivity index (χ1n) is 6.04. The Labute approximate surface area is 113 Å². The first-order valence-corrected chi connectivity index (χ1v) is 6.45. The molecular formula is C13H19N3OS. The van der Waals surface area contributed by atoms with E-state index in [1.165, 1.54) is 0 Å². The summed E-state index contributed by atoms with van der Waals surface area (Å²) in [6, 6.07) is 7.35. The Kier molecular flexibility index (Phi) is 6.14. The lowest BCUT2D eigenvalue weighted by Gasteiger charge is -2.11. The molecule has 1 amide bonds. The third-order valence-corrected chi connectivity index (χ3v) is 2.67. The molecule has 1 aromatic rings. The third kappa shape index (κ3) is 5.14. The Hall–Kier alpha value is -1.62. The number of hydrogen-bond donors (Lipinski definition) is 3. The Morgan fingerprint density at radius 1 is 1.22 bits per heavy atom. The standard InChI is InChI=1S/C13H19N3OS/c1-3-4-9-14-13(18)16-15-12(17)11-7-5-10(2)6-8-11/h5-8H,3-4,9H2,1-2H3,(H,15,17)(H2,14,16,18). The summed E-state index contributed by atoms with van der Waals surface area (Å²) in [7, 11) is 0. The van der Waals surface area contributed by atoms with Crippen LogP contribution in [-0.4, -0.2) is 17.6 Å². The fraction of sp³-hybridized carbons (Fsp3) is 0.385. The van der Waals surface area contributed by atoms with Crippen molar-refractivity contribution in [3.63, 3.8) is 0 Å². The molecule has 0 fully saturated rings. The van der Waals surface area contributed by atoms with Gasteiger partial charge in [-0.05, 0) is 37.7 Å². The molecule has 3 N–H and O–H groups in total. The number of unbranched alkanes of at least 4 members (excludes halogenated alkanes) is 1. The average Bonchev–Trinajstić information content (AvgIpc) is 2.37. The van der Waals surface area contributed by atoms with Gasteiger partial charge in [0.25, 0.3) is 5.91 Å². The molecule has 0 aliphatic heterocycles. The summed E-state index contributed by atoms with van der Waals surface area (Å²) in [4.78, 5) is 11.7. The highest BCUT2D eigenvalue weighted by Gasteiger charge is 2.04. The van der Waals surface area contributed by atoms with Gasteiger partial charge in [0.05, 0.1) is 0 Å². The number of thiocarbonyl (C=S) groups is 1. The number of carbonyl (C=O) groups is 1. The maximum absolute atomic E-state index is 11.7. The second kappa shape index (κ2) is 7.66. The van der Waals surface area contributed by atoms with Gasteiger partial charge in [-0.15, -0.1) is 0 Å². The third-order valence-electron chi connectivity index (χ3n) is 2.42. The summed E-state index contributed by atoms with van der Waals surface area (Å²) in [6.45, 7) is 4.90. The van der Waals surface area contributed by atoms with Crippen molar-refractivity contribution < 1.29 is 4.79 Å². The van der Waals surface area contributed by atoms with Crippen molar-refractivity contribution in [1.82, 2.24) is 16.2 Å². The van der Waals surface area contributed by atoms with E-state index >= 15 is 0 Å². The van der Waals surface area contributed by atoms with Gasteiger partial charge in [-0.25, -0.2) is 0 Å².